The van der Waals surface area contributed by atoms with Crippen LogP contribution >= 0.6 is 0 Å². The van der Waals surface area contributed by atoms with Gasteiger partial charge in [0.2, 0.25) is 0 Å². The molecule has 1 aliphatic rings. The molecule has 0 saturated carbocycles. The van der Waals surface area contributed by atoms with E-state index in [1.165, 1.54) is 0 Å². The minimum atomic E-state index is -0.209. The highest BCUT2D eigenvalue weighted by Gasteiger charge is 2.24. The molecule has 0 bridgehead atoms. The van der Waals surface area contributed by atoms with E-state index in [9.17, 15) is 4.79 Å². The quantitative estimate of drug-likeness (QED) is 0.514. The van der Waals surface area contributed by atoms with Crippen molar-refractivity contribution in [1.82, 2.24) is 25.2 Å². The van der Waals surface area contributed by atoms with Crippen molar-refractivity contribution in [2.75, 3.05) is 13.2 Å². The predicted octanol–water partition coefficient (Wildman–Crippen LogP) is 3.68. The molecule has 8 heteroatoms. The molecule has 8 nitrogen and oxygen atoms in total. The van der Waals surface area contributed by atoms with Gasteiger partial charge in [0.25, 0.3) is 11.6 Å². The zero-order valence-electron chi connectivity index (χ0n) is 17.2. The smallest absolute Gasteiger partial charge is 0.259 e. The Bertz CT molecular complexity index is 1210. The SMILES string of the molecule is CCn1ccc(-c2cc(C(=O)NCC3CCCO3)c3c(-c4ccccc4)noc3n2)n1. The molecule has 1 aliphatic heterocycles. The first kappa shape index (κ1) is 19.4. The van der Waals surface area contributed by atoms with E-state index in [2.05, 4.69) is 20.6 Å². The van der Waals surface area contributed by atoms with Crippen molar-refractivity contribution in [3.05, 3.63) is 54.2 Å². The maximum Gasteiger partial charge on any atom is 0.259 e. The molecule has 1 amide bonds. The summed E-state index contributed by atoms with van der Waals surface area (Å²) >= 11 is 0. The van der Waals surface area contributed by atoms with Crippen LogP contribution in [0.3, 0.4) is 0 Å². The van der Waals surface area contributed by atoms with E-state index in [1.54, 1.807) is 6.07 Å². The first-order valence-electron chi connectivity index (χ1n) is 10.5. The summed E-state index contributed by atoms with van der Waals surface area (Å²) in [7, 11) is 0. The number of hydrogen-bond acceptors (Lipinski definition) is 6. The van der Waals surface area contributed by atoms with Crippen molar-refractivity contribution in [2.24, 2.45) is 0 Å². The molecule has 1 unspecified atom stereocenters. The average Bonchev–Trinajstić information content (AvgIpc) is 3.58. The molecule has 0 spiro atoms. The van der Waals surface area contributed by atoms with E-state index >= 15 is 0 Å². The van der Waals surface area contributed by atoms with Crippen LogP contribution in [0.15, 0.2) is 53.2 Å². The molecule has 31 heavy (non-hydrogen) atoms. The molecule has 0 aliphatic carbocycles. The third-order valence-corrected chi connectivity index (χ3v) is 5.48. The molecule has 1 saturated heterocycles. The van der Waals surface area contributed by atoms with Gasteiger partial charge in [0.15, 0.2) is 0 Å². The topological polar surface area (TPSA) is 95.1 Å². The fourth-order valence-corrected chi connectivity index (χ4v) is 3.84. The number of amides is 1. The number of rotatable bonds is 6. The number of carbonyl (C=O) groups is 1. The summed E-state index contributed by atoms with van der Waals surface area (Å²) in [5.74, 6) is -0.209. The Kier molecular flexibility index (Phi) is 5.21. The summed E-state index contributed by atoms with van der Waals surface area (Å²) in [6.07, 6.45) is 3.91. The molecule has 4 aromatic rings. The molecule has 0 radical (unpaired) electrons. The Balaban J connectivity index is 1.59. The fraction of sp³-hybridized carbons (Fsp3) is 0.304. The lowest BCUT2D eigenvalue weighted by molar-refractivity contribution is 0.0859. The lowest BCUT2D eigenvalue weighted by Gasteiger charge is -2.12. The number of nitrogens with zero attached hydrogens (tertiary/aromatic N) is 4. The molecule has 1 N–H and O–H groups in total. The van der Waals surface area contributed by atoms with Gasteiger partial charge in [-0.3, -0.25) is 9.48 Å². The lowest BCUT2D eigenvalue weighted by atomic mass is 10.0. The van der Waals surface area contributed by atoms with Crippen LogP contribution in [0.1, 0.15) is 30.1 Å². The number of pyridine rings is 1. The summed E-state index contributed by atoms with van der Waals surface area (Å²) < 4.78 is 13.0. The zero-order chi connectivity index (χ0) is 21.2. The minimum absolute atomic E-state index is 0.0528. The van der Waals surface area contributed by atoms with E-state index in [-0.39, 0.29) is 12.0 Å². The van der Waals surface area contributed by atoms with Crippen LogP contribution in [0.25, 0.3) is 33.7 Å². The number of nitrogens with one attached hydrogen (secondary N) is 1. The Hall–Kier alpha value is -3.52. The van der Waals surface area contributed by atoms with Gasteiger partial charge in [-0.05, 0) is 31.9 Å². The molecule has 4 heterocycles. The number of carbonyl (C=O) groups excluding carboxylic acids is 1. The predicted molar refractivity (Wildman–Crippen MR) is 115 cm³/mol. The fourth-order valence-electron chi connectivity index (χ4n) is 3.84. The summed E-state index contributed by atoms with van der Waals surface area (Å²) in [5.41, 5.74) is 3.47. The van der Waals surface area contributed by atoms with Crippen LogP contribution < -0.4 is 5.32 Å². The zero-order valence-corrected chi connectivity index (χ0v) is 17.2. The number of aryl methyl sites for hydroxylation is 1. The van der Waals surface area contributed by atoms with Crippen molar-refractivity contribution in [2.45, 2.75) is 32.4 Å². The normalized spacial score (nSPS) is 16.1. The van der Waals surface area contributed by atoms with Crippen LogP contribution in [0, 0.1) is 0 Å². The summed E-state index contributed by atoms with van der Waals surface area (Å²) in [6.45, 7) is 3.97. The molecule has 1 atom stereocenters. The third-order valence-electron chi connectivity index (χ3n) is 5.48. The molecule has 3 aromatic heterocycles. The van der Waals surface area contributed by atoms with Crippen LogP contribution in [0.4, 0.5) is 0 Å². The number of hydrogen-bond donors (Lipinski definition) is 1. The van der Waals surface area contributed by atoms with Gasteiger partial charge in [-0.1, -0.05) is 35.5 Å². The van der Waals surface area contributed by atoms with Gasteiger partial charge in [0.05, 0.1) is 22.7 Å². The van der Waals surface area contributed by atoms with Crippen molar-refractivity contribution in [3.63, 3.8) is 0 Å². The minimum Gasteiger partial charge on any atom is -0.376 e. The summed E-state index contributed by atoms with van der Waals surface area (Å²) in [4.78, 5) is 17.9. The maximum absolute atomic E-state index is 13.3. The van der Waals surface area contributed by atoms with Crippen molar-refractivity contribution in [3.8, 4) is 22.6 Å². The standard InChI is InChI=1S/C23H23N5O3/c1-2-28-11-10-18(26-28)19-13-17(22(29)24-14-16-9-6-12-30-16)20-21(27-31-23(20)25-19)15-7-4-3-5-8-15/h3-5,7-8,10-11,13,16H,2,6,9,12,14H2,1H3,(H,24,29). The number of ether oxygens (including phenoxy) is 1. The van der Waals surface area contributed by atoms with Gasteiger partial charge in [0, 0.05) is 31.5 Å². The second kappa shape index (κ2) is 8.31. The van der Waals surface area contributed by atoms with Gasteiger partial charge in [0.1, 0.15) is 11.4 Å². The Morgan fingerprint density at radius 1 is 1.23 bits per heavy atom. The maximum atomic E-state index is 13.3. The van der Waals surface area contributed by atoms with Crippen LogP contribution in [-0.2, 0) is 11.3 Å². The van der Waals surface area contributed by atoms with Gasteiger partial charge in [-0.25, -0.2) is 4.98 Å². The highest BCUT2D eigenvalue weighted by Crippen LogP contribution is 2.32. The first-order chi connectivity index (χ1) is 15.2. The van der Waals surface area contributed by atoms with E-state index in [0.29, 0.717) is 40.3 Å². The lowest BCUT2D eigenvalue weighted by Crippen LogP contribution is -2.32. The first-order valence-corrected chi connectivity index (χ1v) is 10.5. The van der Waals surface area contributed by atoms with Gasteiger partial charge in [-0.15, -0.1) is 0 Å². The highest BCUT2D eigenvalue weighted by atomic mass is 16.5. The second-order valence-corrected chi connectivity index (χ2v) is 7.53. The monoisotopic (exact) mass is 417 g/mol. The van der Waals surface area contributed by atoms with Gasteiger partial charge in [-0.2, -0.15) is 5.10 Å². The van der Waals surface area contributed by atoms with Crippen LogP contribution in [-0.4, -0.2) is 45.1 Å². The Labute approximate surface area is 179 Å². The molecule has 1 aromatic carbocycles. The van der Waals surface area contributed by atoms with E-state index in [4.69, 9.17) is 9.26 Å². The van der Waals surface area contributed by atoms with Crippen molar-refractivity contribution < 1.29 is 14.1 Å². The number of aromatic nitrogens is 4. The third kappa shape index (κ3) is 3.82. The van der Waals surface area contributed by atoms with Gasteiger partial charge >= 0.3 is 0 Å². The molecular formula is C23H23N5O3. The van der Waals surface area contributed by atoms with Crippen LogP contribution in [0.5, 0.6) is 0 Å². The van der Waals surface area contributed by atoms with E-state index < -0.39 is 0 Å². The summed E-state index contributed by atoms with van der Waals surface area (Å²) in [6, 6.07) is 13.3. The van der Waals surface area contributed by atoms with Crippen molar-refractivity contribution in [1.29, 1.82) is 0 Å². The van der Waals surface area contributed by atoms with Gasteiger partial charge < -0.3 is 14.6 Å². The Morgan fingerprint density at radius 2 is 2.10 bits per heavy atom. The molecule has 158 valence electrons. The summed E-state index contributed by atoms with van der Waals surface area (Å²) in [5, 5.41) is 12.4. The van der Waals surface area contributed by atoms with E-state index in [1.807, 2.05) is 54.2 Å². The van der Waals surface area contributed by atoms with E-state index in [0.717, 1.165) is 31.6 Å². The Morgan fingerprint density at radius 3 is 2.84 bits per heavy atom. The van der Waals surface area contributed by atoms with Crippen molar-refractivity contribution >= 4 is 17.0 Å². The molecular weight excluding hydrogens is 394 g/mol. The molecule has 5 rings (SSSR count). The highest BCUT2D eigenvalue weighted by molar-refractivity contribution is 6.10. The largest absolute Gasteiger partial charge is 0.376 e. The number of benzene rings is 1. The average molecular weight is 417 g/mol. The number of fused-ring (bicyclic) bond motifs is 1. The molecule has 1 fully saturated rings. The second-order valence-electron chi connectivity index (χ2n) is 7.53. The van der Waals surface area contributed by atoms with Crippen LogP contribution in [0.2, 0.25) is 0 Å².